The first-order valence-corrected chi connectivity index (χ1v) is 9.92. The summed E-state index contributed by atoms with van der Waals surface area (Å²) in [6.07, 6.45) is 8.17. The Kier molecular flexibility index (Phi) is 6.76. The number of likely N-dealkylation sites (N-methyl/N-ethyl adjacent to an activating group) is 1. The van der Waals surface area contributed by atoms with E-state index in [-0.39, 0.29) is 11.5 Å². The van der Waals surface area contributed by atoms with Crippen molar-refractivity contribution in [3.05, 3.63) is 52.1 Å². The average molecular weight is 369 g/mol. The maximum atomic E-state index is 12.3. The van der Waals surface area contributed by atoms with Crippen LogP contribution in [-0.2, 0) is 11.3 Å². The molecule has 1 atom stereocenters. The lowest BCUT2D eigenvalue weighted by atomic mass is 9.97. The van der Waals surface area contributed by atoms with Crippen molar-refractivity contribution in [3.63, 3.8) is 0 Å². The van der Waals surface area contributed by atoms with Crippen molar-refractivity contribution >= 4 is 16.8 Å². The molecular formula is C21H29N4O2+. The third-order valence-electron chi connectivity index (χ3n) is 5.14. The zero-order valence-electron chi connectivity index (χ0n) is 16.0. The molecule has 0 saturated carbocycles. The van der Waals surface area contributed by atoms with Crippen LogP contribution in [0, 0.1) is 0 Å². The van der Waals surface area contributed by atoms with Crippen LogP contribution in [0.2, 0.25) is 0 Å². The van der Waals surface area contributed by atoms with E-state index in [4.69, 9.17) is 0 Å². The number of hydrogen-bond donors (Lipinski definition) is 3. The summed E-state index contributed by atoms with van der Waals surface area (Å²) in [5.41, 5.74) is 2.03. The quantitative estimate of drug-likeness (QED) is 0.614. The van der Waals surface area contributed by atoms with E-state index in [1.807, 2.05) is 25.1 Å². The predicted molar refractivity (Wildman–Crippen MR) is 107 cm³/mol. The molecule has 1 unspecified atom stereocenters. The Labute approximate surface area is 159 Å². The first kappa shape index (κ1) is 19.3. The number of nitrogens with one attached hydrogen (secondary N) is 3. The van der Waals surface area contributed by atoms with Gasteiger partial charge in [-0.3, -0.25) is 9.59 Å². The van der Waals surface area contributed by atoms with Crippen molar-refractivity contribution in [1.82, 2.24) is 15.3 Å². The Morgan fingerprint density at radius 2 is 2.15 bits per heavy atom. The van der Waals surface area contributed by atoms with Crippen LogP contribution in [0.5, 0.6) is 0 Å². The molecule has 1 aliphatic carbocycles. The van der Waals surface area contributed by atoms with E-state index in [0.717, 1.165) is 17.9 Å². The van der Waals surface area contributed by atoms with Crippen molar-refractivity contribution in [1.29, 1.82) is 0 Å². The van der Waals surface area contributed by atoms with Gasteiger partial charge in [0.05, 0.1) is 17.4 Å². The molecule has 144 valence electrons. The molecule has 0 bridgehead atoms. The first-order chi connectivity index (χ1) is 13.2. The van der Waals surface area contributed by atoms with Crippen molar-refractivity contribution in [2.45, 2.75) is 45.6 Å². The zero-order valence-corrected chi connectivity index (χ0v) is 16.0. The van der Waals surface area contributed by atoms with Crippen molar-refractivity contribution in [2.75, 3.05) is 19.6 Å². The molecule has 0 radical (unpaired) electrons. The number of benzene rings is 1. The summed E-state index contributed by atoms with van der Waals surface area (Å²) in [7, 11) is 0. The predicted octanol–water partition coefficient (Wildman–Crippen LogP) is 1.33. The molecule has 3 N–H and O–H groups in total. The number of rotatable bonds is 8. The maximum Gasteiger partial charge on any atom is 0.275 e. The molecule has 6 nitrogen and oxygen atoms in total. The SMILES string of the molecule is CC[NH+](CC(=O)NCCC1=CCCCC1)Cc1nc2ccccc2c(=O)[nH]1. The van der Waals surface area contributed by atoms with Gasteiger partial charge in [0, 0.05) is 6.54 Å². The lowest BCUT2D eigenvalue weighted by Gasteiger charge is -2.17. The zero-order chi connectivity index (χ0) is 19.1. The van der Waals surface area contributed by atoms with Crippen LogP contribution in [0.15, 0.2) is 40.7 Å². The molecule has 1 heterocycles. The lowest BCUT2D eigenvalue weighted by molar-refractivity contribution is -0.904. The number of para-hydroxylation sites is 1. The van der Waals surface area contributed by atoms with Crippen LogP contribution in [-0.4, -0.2) is 35.5 Å². The van der Waals surface area contributed by atoms with Gasteiger partial charge in [-0.15, -0.1) is 0 Å². The van der Waals surface area contributed by atoms with Crippen molar-refractivity contribution in [2.24, 2.45) is 0 Å². The molecule has 1 amide bonds. The Bertz CT molecular complexity index is 872. The van der Waals surface area contributed by atoms with Gasteiger partial charge >= 0.3 is 0 Å². The first-order valence-electron chi connectivity index (χ1n) is 9.92. The summed E-state index contributed by atoms with van der Waals surface area (Å²) in [5, 5.41) is 3.62. The summed E-state index contributed by atoms with van der Waals surface area (Å²) >= 11 is 0. The van der Waals surface area contributed by atoms with Gasteiger partial charge in [-0.2, -0.15) is 0 Å². The molecule has 27 heavy (non-hydrogen) atoms. The highest BCUT2D eigenvalue weighted by atomic mass is 16.2. The van der Waals surface area contributed by atoms with E-state index in [9.17, 15) is 9.59 Å². The van der Waals surface area contributed by atoms with E-state index in [0.29, 0.717) is 36.4 Å². The molecule has 1 aromatic carbocycles. The lowest BCUT2D eigenvalue weighted by Crippen LogP contribution is -3.11. The third-order valence-corrected chi connectivity index (χ3v) is 5.14. The fourth-order valence-electron chi connectivity index (χ4n) is 3.55. The van der Waals surface area contributed by atoms with E-state index in [1.54, 1.807) is 6.07 Å². The number of nitrogens with zero attached hydrogens (tertiary/aromatic N) is 1. The van der Waals surface area contributed by atoms with E-state index >= 15 is 0 Å². The Balaban J connectivity index is 1.53. The smallest absolute Gasteiger partial charge is 0.275 e. The molecule has 1 aromatic heterocycles. The minimum Gasteiger partial charge on any atom is -0.351 e. The molecule has 0 saturated heterocycles. The number of H-pyrrole nitrogens is 1. The summed E-state index contributed by atoms with van der Waals surface area (Å²) in [5.74, 6) is 0.669. The highest BCUT2D eigenvalue weighted by Crippen LogP contribution is 2.19. The van der Waals surface area contributed by atoms with Gasteiger partial charge < -0.3 is 15.2 Å². The Morgan fingerprint density at radius 3 is 2.93 bits per heavy atom. The van der Waals surface area contributed by atoms with E-state index in [1.165, 1.54) is 31.3 Å². The molecule has 0 aliphatic heterocycles. The van der Waals surface area contributed by atoms with Crippen molar-refractivity contribution in [3.8, 4) is 0 Å². The second-order valence-electron chi connectivity index (χ2n) is 7.19. The van der Waals surface area contributed by atoms with Gasteiger partial charge in [-0.1, -0.05) is 23.8 Å². The molecule has 0 fully saturated rings. The van der Waals surface area contributed by atoms with Crippen LogP contribution >= 0.6 is 0 Å². The van der Waals surface area contributed by atoms with E-state index < -0.39 is 0 Å². The standard InChI is InChI=1S/C21H28N4O2/c1-2-25(15-20(26)22-13-12-16-8-4-3-5-9-16)14-19-23-18-11-7-6-10-17(18)21(27)24-19/h6-8,10-11H,2-5,9,12-15H2,1H3,(H,22,26)(H,23,24,27)/p+1. The summed E-state index contributed by atoms with van der Waals surface area (Å²) in [6.45, 7) is 4.43. The number of aromatic nitrogens is 2. The Hall–Kier alpha value is -2.47. The van der Waals surface area contributed by atoms with Gasteiger partial charge in [-0.05, 0) is 51.2 Å². The second kappa shape index (κ2) is 9.46. The third kappa shape index (κ3) is 5.50. The normalized spacial score (nSPS) is 15.4. The number of quaternary nitrogens is 1. The van der Waals surface area contributed by atoms with Crippen LogP contribution in [0.4, 0.5) is 0 Å². The molecule has 3 rings (SSSR count). The Morgan fingerprint density at radius 1 is 1.30 bits per heavy atom. The minimum atomic E-state index is -0.128. The number of carbonyl (C=O) groups is 1. The number of fused-ring (bicyclic) bond motifs is 1. The number of aromatic amines is 1. The highest BCUT2D eigenvalue weighted by molar-refractivity contribution is 5.77. The largest absolute Gasteiger partial charge is 0.351 e. The maximum absolute atomic E-state index is 12.3. The van der Waals surface area contributed by atoms with Crippen molar-refractivity contribution < 1.29 is 9.69 Å². The number of amides is 1. The fraction of sp³-hybridized carbons (Fsp3) is 0.476. The molecule has 6 heteroatoms. The van der Waals surface area contributed by atoms with Gasteiger partial charge in [-0.25, -0.2) is 4.98 Å². The average Bonchev–Trinajstić information content (AvgIpc) is 2.68. The second-order valence-corrected chi connectivity index (χ2v) is 7.19. The topological polar surface area (TPSA) is 79.3 Å². The van der Waals surface area contributed by atoms with E-state index in [2.05, 4.69) is 21.4 Å². The van der Waals surface area contributed by atoms with Crippen LogP contribution < -0.4 is 15.8 Å². The molecule has 2 aromatic rings. The number of allylic oxidation sites excluding steroid dienone is 1. The van der Waals surface area contributed by atoms with Gasteiger partial charge in [0.1, 0.15) is 6.54 Å². The molecular weight excluding hydrogens is 340 g/mol. The highest BCUT2D eigenvalue weighted by Gasteiger charge is 2.15. The summed E-state index contributed by atoms with van der Waals surface area (Å²) in [4.78, 5) is 32.9. The molecule has 0 spiro atoms. The fourth-order valence-corrected chi connectivity index (χ4v) is 3.55. The van der Waals surface area contributed by atoms with Crippen LogP contribution in [0.3, 0.4) is 0 Å². The molecule has 1 aliphatic rings. The van der Waals surface area contributed by atoms with Gasteiger partial charge in [0.2, 0.25) is 0 Å². The monoisotopic (exact) mass is 369 g/mol. The van der Waals surface area contributed by atoms with Crippen LogP contribution in [0.25, 0.3) is 10.9 Å². The summed E-state index contributed by atoms with van der Waals surface area (Å²) in [6, 6.07) is 7.31. The van der Waals surface area contributed by atoms with Gasteiger partial charge in [0.15, 0.2) is 12.4 Å². The van der Waals surface area contributed by atoms with Gasteiger partial charge in [0.25, 0.3) is 11.5 Å². The minimum absolute atomic E-state index is 0.0476. The number of hydrogen-bond acceptors (Lipinski definition) is 3. The van der Waals surface area contributed by atoms with Crippen LogP contribution in [0.1, 0.15) is 44.9 Å². The number of carbonyl (C=O) groups excluding carboxylic acids is 1. The summed E-state index contributed by atoms with van der Waals surface area (Å²) < 4.78 is 0.